The van der Waals surface area contributed by atoms with E-state index in [1.54, 1.807) is 12.1 Å². The van der Waals surface area contributed by atoms with Crippen molar-refractivity contribution in [2.24, 2.45) is 10.9 Å². The van der Waals surface area contributed by atoms with Gasteiger partial charge in [0.25, 0.3) is 0 Å². The van der Waals surface area contributed by atoms with Gasteiger partial charge in [0.2, 0.25) is 5.91 Å². The molecule has 1 aromatic rings. The largest absolute Gasteiger partial charge is 0.357 e. The second-order valence-corrected chi connectivity index (χ2v) is 8.11. The lowest BCUT2D eigenvalue weighted by molar-refractivity contribution is -0.126. The molecule has 162 valence electrons. The van der Waals surface area contributed by atoms with Gasteiger partial charge in [-0.25, -0.2) is 4.39 Å². The summed E-state index contributed by atoms with van der Waals surface area (Å²) < 4.78 is 13.9. The van der Waals surface area contributed by atoms with Crippen molar-refractivity contribution in [2.45, 2.75) is 64.0 Å². The van der Waals surface area contributed by atoms with Crippen molar-refractivity contribution in [1.82, 2.24) is 16.0 Å². The lowest BCUT2D eigenvalue weighted by Crippen LogP contribution is -2.47. The number of amides is 1. The highest BCUT2D eigenvalue weighted by molar-refractivity contribution is 14.0. The maximum atomic E-state index is 13.9. The number of rotatable bonds is 7. The van der Waals surface area contributed by atoms with Crippen LogP contribution < -0.4 is 16.0 Å². The molecule has 2 unspecified atom stereocenters. The molecule has 0 radical (unpaired) electrons. The topological polar surface area (TPSA) is 65.5 Å². The molecule has 2 fully saturated rings. The van der Waals surface area contributed by atoms with Gasteiger partial charge in [-0.2, -0.15) is 0 Å². The van der Waals surface area contributed by atoms with Crippen molar-refractivity contribution >= 4 is 47.4 Å². The van der Waals surface area contributed by atoms with E-state index in [0.717, 1.165) is 45.1 Å². The molecule has 2 aliphatic carbocycles. The molecule has 0 aromatic heterocycles. The second kappa shape index (κ2) is 11.9. The van der Waals surface area contributed by atoms with Crippen LogP contribution in [-0.4, -0.2) is 37.0 Å². The van der Waals surface area contributed by atoms with Gasteiger partial charge in [0.1, 0.15) is 5.82 Å². The van der Waals surface area contributed by atoms with E-state index < -0.39 is 0 Å². The smallest absolute Gasteiger partial charge is 0.223 e. The maximum absolute atomic E-state index is 13.9. The first kappa shape index (κ1) is 24.2. The molecule has 0 heterocycles. The minimum Gasteiger partial charge on any atom is -0.357 e. The van der Waals surface area contributed by atoms with E-state index in [0.29, 0.717) is 35.6 Å². The van der Waals surface area contributed by atoms with Crippen LogP contribution in [0.4, 0.5) is 4.39 Å². The molecule has 0 spiro atoms. The minimum absolute atomic E-state index is 0. The van der Waals surface area contributed by atoms with Crippen molar-refractivity contribution in [3.05, 3.63) is 34.6 Å². The fourth-order valence-electron chi connectivity index (χ4n) is 3.67. The highest BCUT2D eigenvalue weighted by atomic mass is 127. The first-order chi connectivity index (χ1) is 13.6. The summed E-state index contributed by atoms with van der Waals surface area (Å²) in [6.07, 6.45) is 6.51. The summed E-state index contributed by atoms with van der Waals surface area (Å²) in [6.45, 7) is 3.19. The molecule has 8 heteroatoms. The number of nitrogens with one attached hydrogen (secondary N) is 3. The summed E-state index contributed by atoms with van der Waals surface area (Å²) in [4.78, 5) is 16.9. The molecule has 2 aliphatic rings. The molecule has 1 amide bonds. The van der Waals surface area contributed by atoms with E-state index in [-0.39, 0.29) is 47.7 Å². The normalized spacial score (nSPS) is 21.8. The lowest BCUT2D eigenvalue weighted by atomic mass is 9.85. The van der Waals surface area contributed by atoms with Gasteiger partial charge in [-0.1, -0.05) is 24.1 Å². The molecule has 2 saturated carbocycles. The maximum Gasteiger partial charge on any atom is 0.223 e. The Bertz CT molecular complexity index is 694. The molecular weight excluding hydrogens is 506 g/mol. The summed E-state index contributed by atoms with van der Waals surface area (Å²) in [7, 11) is 0. The third-order valence-corrected chi connectivity index (χ3v) is 5.70. The molecule has 0 aliphatic heterocycles. The van der Waals surface area contributed by atoms with Gasteiger partial charge < -0.3 is 16.0 Å². The molecule has 2 atom stereocenters. The van der Waals surface area contributed by atoms with Crippen molar-refractivity contribution in [2.75, 3.05) is 13.1 Å². The number of nitrogens with zero attached hydrogens (tertiary/aromatic N) is 1. The Hall–Kier alpha value is -1.09. The third kappa shape index (κ3) is 7.59. The highest BCUT2D eigenvalue weighted by Gasteiger charge is 2.31. The average Bonchev–Trinajstić information content (AvgIpc) is 3.48. The van der Waals surface area contributed by atoms with Crippen molar-refractivity contribution in [1.29, 1.82) is 0 Å². The van der Waals surface area contributed by atoms with E-state index in [2.05, 4.69) is 20.9 Å². The predicted molar refractivity (Wildman–Crippen MR) is 127 cm³/mol. The Kier molecular flexibility index (Phi) is 9.95. The Labute approximate surface area is 194 Å². The molecule has 3 rings (SSSR count). The molecule has 1 aromatic carbocycles. The third-order valence-electron chi connectivity index (χ3n) is 5.35. The first-order valence-corrected chi connectivity index (χ1v) is 10.7. The second-order valence-electron chi connectivity index (χ2n) is 7.70. The summed E-state index contributed by atoms with van der Waals surface area (Å²) >= 11 is 6.09. The lowest BCUT2D eigenvalue weighted by Gasteiger charge is -2.30. The Morgan fingerprint density at radius 2 is 2.00 bits per heavy atom. The zero-order chi connectivity index (χ0) is 19.9. The molecule has 3 N–H and O–H groups in total. The van der Waals surface area contributed by atoms with E-state index in [1.807, 2.05) is 6.92 Å². The van der Waals surface area contributed by atoms with E-state index in [4.69, 9.17) is 11.6 Å². The molecule has 29 heavy (non-hydrogen) atoms. The molecule has 0 saturated heterocycles. The summed E-state index contributed by atoms with van der Waals surface area (Å²) in [5.74, 6) is 0.692. The van der Waals surface area contributed by atoms with Crippen molar-refractivity contribution in [3.8, 4) is 0 Å². The van der Waals surface area contributed by atoms with Gasteiger partial charge in [0.05, 0.1) is 0 Å². The van der Waals surface area contributed by atoms with Gasteiger partial charge >= 0.3 is 0 Å². The van der Waals surface area contributed by atoms with Crippen LogP contribution in [0, 0.1) is 11.7 Å². The van der Waals surface area contributed by atoms with Crippen molar-refractivity contribution < 1.29 is 9.18 Å². The first-order valence-electron chi connectivity index (χ1n) is 10.3. The zero-order valence-corrected chi connectivity index (χ0v) is 19.9. The Morgan fingerprint density at radius 3 is 2.69 bits per heavy atom. The van der Waals surface area contributed by atoms with Crippen LogP contribution in [0.25, 0.3) is 0 Å². The quantitative estimate of drug-likeness (QED) is 0.280. The standard InChI is InChI=1S/C21H30ClFN4O.HI/c1-2-24-21(25-12-11-17-18(22)7-4-8-19(17)23)27-16-6-3-5-14(13-16)20(28)26-15-9-10-15;/h4,7-8,14-16H,2-3,5-6,9-13H2,1H3,(H,26,28)(H2,24,25,27);1H. The Morgan fingerprint density at radius 1 is 1.21 bits per heavy atom. The van der Waals surface area contributed by atoms with E-state index >= 15 is 0 Å². The number of carbonyl (C=O) groups excluding carboxylic acids is 1. The van der Waals surface area contributed by atoms with Crippen LogP contribution >= 0.6 is 35.6 Å². The minimum atomic E-state index is -0.294. The molecule has 5 nitrogen and oxygen atoms in total. The summed E-state index contributed by atoms with van der Waals surface area (Å²) in [6, 6.07) is 5.35. The van der Waals surface area contributed by atoms with Crippen LogP contribution in [-0.2, 0) is 11.2 Å². The number of hydrogen-bond acceptors (Lipinski definition) is 2. The van der Waals surface area contributed by atoms with Crippen LogP contribution in [0.5, 0.6) is 0 Å². The Balaban J connectivity index is 0.00000300. The van der Waals surface area contributed by atoms with Crippen LogP contribution in [0.1, 0.15) is 51.0 Å². The fourth-order valence-corrected chi connectivity index (χ4v) is 3.93. The molecular formula is C21H31ClFIN4O. The number of benzene rings is 1. The van der Waals surface area contributed by atoms with E-state index in [9.17, 15) is 9.18 Å². The summed E-state index contributed by atoms with van der Waals surface area (Å²) in [5, 5.41) is 10.3. The predicted octanol–water partition coefficient (Wildman–Crippen LogP) is 4.03. The van der Waals surface area contributed by atoms with Gasteiger partial charge in [-0.05, 0) is 57.6 Å². The van der Waals surface area contributed by atoms with Gasteiger partial charge in [0.15, 0.2) is 5.96 Å². The number of halogens is 3. The van der Waals surface area contributed by atoms with Crippen LogP contribution in [0.3, 0.4) is 0 Å². The van der Waals surface area contributed by atoms with Gasteiger partial charge in [0, 0.05) is 41.7 Å². The van der Waals surface area contributed by atoms with Gasteiger partial charge in [-0.15, -0.1) is 24.0 Å². The zero-order valence-electron chi connectivity index (χ0n) is 16.8. The summed E-state index contributed by atoms with van der Waals surface area (Å²) in [5.41, 5.74) is 0.498. The van der Waals surface area contributed by atoms with Crippen molar-refractivity contribution in [3.63, 3.8) is 0 Å². The number of carbonyl (C=O) groups is 1. The van der Waals surface area contributed by atoms with Gasteiger partial charge in [-0.3, -0.25) is 9.79 Å². The fraction of sp³-hybridized carbons (Fsp3) is 0.619. The van der Waals surface area contributed by atoms with Crippen LogP contribution in [0.15, 0.2) is 23.2 Å². The monoisotopic (exact) mass is 536 g/mol. The average molecular weight is 537 g/mol. The van der Waals surface area contributed by atoms with Crippen LogP contribution in [0.2, 0.25) is 5.02 Å². The van der Waals surface area contributed by atoms with E-state index in [1.165, 1.54) is 6.07 Å². The number of guanidine groups is 1. The highest BCUT2D eigenvalue weighted by Crippen LogP contribution is 2.27. The molecule has 0 bridgehead atoms. The number of hydrogen-bond donors (Lipinski definition) is 3. The number of aliphatic imine (C=N–C) groups is 1. The SMILES string of the molecule is CCNC(=NCCc1c(F)cccc1Cl)NC1CCCC(C(=O)NC2CC2)C1.I.